The van der Waals surface area contributed by atoms with E-state index in [0.29, 0.717) is 0 Å². The standard InChI is InChI=1S/C11H13N3O/c1-13(9-8-12)11(15)14(2)10-6-4-3-5-7-10/h3-7H,9H2,1-2H3. The molecule has 0 aliphatic heterocycles. The first-order chi connectivity index (χ1) is 7.16. The van der Waals surface area contributed by atoms with Gasteiger partial charge in [0.05, 0.1) is 6.07 Å². The number of anilines is 1. The van der Waals surface area contributed by atoms with E-state index in [1.807, 2.05) is 36.4 Å². The summed E-state index contributed by atoms with van der Waals surface area (Å²) in [5, 5.41) is 8.48. The summed E-state index contributed by atoms with van der Waals surface area (Å²) in [6.07, 6.45) is 0. The minimum absolute atomic E-state index is 0.0933. The maximum atomic E-state index is 11.7. The van der Waals surface area contributed by atoms with Crippen LogP contribution in [-0.2, 0) is 0 Å². The second-order valence-electron chi connectivity index (χ2n) is 3.19. The first-order valence-electron chi connectivity index (χ1n) is 4.57. The van der Waals surface area contributed by atoms with Crippen molar-refractivity contribution in [2.24, 2.45) is 0 Å². The lowest BCUT2D eigenvalue weighted by Crippen LogP contribution is -2.38. The second kappa shape index (κ2) is 5.01. The maximum absolute atomic E-state index is 11.7. The zero-order chi connectivity index (χ0) is 11.3. The van der Waals surface area contributed by atoms with Gasteiger partial charge in [0.25, 0.3) is 0 Å². The molecule has 0 saturated carbocycles. The van der Waals surface area contributed by atoms with Crippen LogP contribution >= 0.6 is 0 Å². The van der Waals surface area contributed by atoms with E-state index < -0.39 is 0 Å². The van der Waals surface area contributed by atoms with Gasteiger partial charge in [0, 0.05) is 19.8 Å². The second-order valence-corrected chi connectivity index (χ2v) is 3.19. The van der Waals surface area contributed by atoms with Crippen LogP contribution in [0.15, 0.2) is 30.3 Å². The van der Waals surface area contributed by atoms with Gasteiger partial charge in [-0.2, -0.15) is 5.26 Å². The number of rotatable bonds is 2. The molecule has 0 radical (unpaired) electrons. The molecule has 78 valence electrons. The van der Waals surface area contributed by atoms with Crippen LogP contribution in [0, 0.1) is 11.3 Å². The Morgan fingerprint density at radius 1 is 1.33 bits per heavy atom. The summed E-state index contributed by atoms with van der Waals surface area (Å²) in [5.74, 6) is 0. The van der Waals surface area contributed by atoms with Gasteiger partial charge in [-0.05, 0) is 12.1 Å². The lowest BCUT2D eigenvalue weighted by Gasteiger charge is -2.22. The van der Waals surface area contributed by atoms with Crippen molar-refractivity contribution in [2.75, 3.05) is 25.5 Å². The van der Waals surface area contributed by atoms with Crippen molar-refractivity contribution in [3.63, 3.8) is 0 Å². The Morgan fingerprint density at radius 3 is 2.47 bits per heavy atom. The average molecular weight is 203 g/mol. The average Bonchev–Trinajstić information content (AvgIpc) is 2.28. The number of amides is 2. The molecule has 0 bridgehead atoms. The molecule has 0 fully saturated rings. The molecule has 0 aliphatic rings. The molecule has 0 aliphatic carbocycles. The monoisotopic (exact) mass is 203 g/mol. The van der Waals surface area contributed by atoms with E-state index in [4.69, 9.17) is 5.26 Å². The number of nitrogens with zero attached hydrogens (tertiary/aromatic N) is 3. The molecule has 2 amide bonds. The fourth-order valence-corrected chi connectivity index (χ4v) is 1.19. The van der Waals surface area contributed by atoms with Gasteiger partial charge in [-0.15, -0.1) is 0 Å². The van der Waals surface area contributed by atoms with Gasteiger partial charge in [-0.1, -0.05) is 18.2 Å². The molecule has 4 heteroatoms. The van der Waals surface area contributed by atoms with Crippen molar-refractivity contribution in [3.05, 3.63) is 30.3 Å². The van der Waals surface area contributed by atoms with E-state index in [0.717, 1.165) is 5.69 Å². The van der Waals surface area contributed by atoms with Gasteiger partial charge in [-0.25, -0.2) is 4.79 Å². The van der Waals surface area contributed by atoms with Crippen molar-refractivity contribution in [1.82, 2.24) is 4.90 Å². The summed E-state index contributed by atoms with van der Waals surface area (Å²) in [6.45, 7) is 0.0933. The van der Waals surface area contributed by atoms with E-state index in [1.54, 1.807) is 14.1 Å². The minimum atomic E-state index is -0.192. The molecule has 1 rings (SSSR count). The molecule has 15 heavy (non-hydrogen) atoms. The van der Waals surface area contributed by atoms with E-state index >= 15 is 0 Å². The minimum Gasteiger partial charge on any atom is -0.314 e. The van der Waals surface area contributed by atoms with Gasteiger partial charge in [0.2, 0.25) is 0 Å². The van der Waals surface area contributed by atoms with Crippen LogP contribution in [0.4, 0.5) is 10.5 Å². The Bertz CT molecular complexity index is 369. The lowest BCUT2D eigenvalue weighted by molar-refractivity contribution is 0.221. The van der Waals surface area contributed by atoms with E-state index in [2.05, 4.69) is 0 Å². The van der Waals surface area contributed by atoms with E-state index in [9.17, 15) is 4.79 Å². The van der Waals surface area contributed by atoms with E-state index in [1.165, 1.54) is 9.80 Å². The third kappa shape index (κ3) is 2.71. The molecule has 0 spiro atoms. The molecule has 1 aromatic carbocycles. The molecular formula is C11H13N3O. The van der Waals surface area contributed by atoms with Gasteiger partial charge >= 0.3 is 6.03 Å². The Morgan fingerprint density at radius 2 is 1.93 bits per heavy atom. The zero-order valence-electron chi connectivity index (χ0n) is 8.84. The number of nitriles is 1. The summed E-state index contributed by atoms with van der Waals surface area (Å²) >= 11 is 0. The normalized spacial score (nSPS) is 9.13. The quantitative estimate of drug-likeness (QED) is 0.687. The summed E-state index contributed by atoms with van der Waals surface area (Å²) in [5.41, 5.74) is 0.812. The molecule has 0 atom stereocenters. The summed E-state index contributed by atoms with van der Waals surface area (Å²) in [6, 6.07) is 11.1. The molecular weight excluding hydrogens is 190 g/mol. The first kappa shape index (κ1) is 11.1. The Labute approximate surface area is 89.3 Å². The smallest absolute Gasteiger partial charge is 0.314 e. The van der Waals surface area contributed by atoms with Crippen molar-refractivity contribution in [1.29, 1.82) is 5.26 Å². The number of carbonyl (C=O) groups excluding carboxylic acids is 1. The SMILES string of the molecule is CN(CC#N)C(=O)N(C)c1ccccc1. The number of benzene rings is 1. The van der Waals surface area contributed by atoms with Gasteiger partial charge in [0.15, 0.2) is 0 Å². The molecule has 1 aromatic rings. The predicted molar refractivity (Wildman–Crippen MR) is 58.5 cm³/mol. The number of carbonyl (C=O) groups is 1. The highest BCUT2D eigenvalue weighted by atomic mass is 16.2. The number of urea groups is 1. The molecule has 0 unspecified atom stereocenters. The van der Waals surface area contributed by atoms with E-state index in [-0.39, 0.29) is 12.6 Å². The van der Waals surface area contributed by atoms with Crippen molar-refractivity contribution in [2.45, 2.75) is 0 Å². The Hall–Kier alpha value is -2.02. The van der Waals surface area contributed by atoms with Crippen molar-refractivity contribution >= 4 is 11.7 Å². The Balaban J connectivity index is 2.74. The van der Waals surface area contributed by atoms with Crippen LogP contribution in [0.2, 0.25) is 0 Å². The van der Waals surface area contributed by atoms with Crippen LogP contribution in [0.3, 0.4) is 0 Å². The molecule has 4 nitrogen and oxygen atoms in total. The van der Waals surface area contributed by atoms with Crippen LogP contribution in [0.25, 0.3) is 0 Å². The summed E-state index contributed by atoms with van der Waals surface area (Å²) in [7, 11) is 3.29. The van der Waals surface area contributed by atoms with Gasteiger partial charge in [-0.3, -0.25) is 4.90 Å². The largest absolute Gasteiger partial charge is 0.324 e. The van der Waals surface area contributed by atoms with Crippen molar-refractivity contribution < 1.29 is 4.79 Å². The Kier molecular flexibility index (Phi) is 3.69. The fraction of sp³-hybridized carbons (Fsp3) is 0.273. The predicted octanol–water partition coefficient (Wildman–Crippen LogP) is 1.70. The van der Waals surface area contributed by atoms with Crippen LogP contribution in [0.5, 0.6) is 0 Å². The van der Waals surface area contributed by atoms with Crippen LogP contribution in [0.1, 0.15) is 0 Å². The van der Waals surface area contributed by atoms with Crippen molar-refractivity contribution in [3.8, 4) is 6.07 Å². The fourth-order valence-electron chi connectivity index (χ4n) is 1.19. The third-order valence-electron chi connectivity index (χ3n) is 2.06. The lowest BCUT2D eigenvalue weighted by atomic mass is 10.3. The number of hydrogen-bond acceptors (Lipinski definition) is 2. The van der Waals surface area contributed by atoms with Crippen LogP contribution < -0.4 is 4.90 Å². The summed E-state index contributed by atoms with van der Waals surface area (Å²) < 4.78 is 0. The molecule has 0 saturated heterocycles. The summed E-state index contributed by atoms with van der Waals surface area (Å²) in [4.78, 5) is 14.6. The van der Waals surface area contributed by atoms with Gasteiger partial charge in [0.1, 0.15) is 6.54 Å². The highest BCUT2D eigenvalue weighted by molar-refractivity contribution is 5.91. The number of para-hydroxylation sites is 1. The third-order valence-corrected chi connectivity index (χ3v) is 2.06. The van der Waals surface area contributed by atoms with Gasteiger partial charge < -0.3 is 4.90 Å². The zero-order valence-corrected chi connectivity index (χ0v) is 8.84. The molecule has 0 heterocycles. The maximum Gasteiger partial charge on any atom is 0.324 e. The topological polar surface area (TPSA) is 47.3 Å². The first-order valence-corrected chi connectivity index (χ1v) is 4.57. The molecule has 0 N–H and O–H groups in total. The number of hydrogen-bond donors (Lipinski definition) is 0. The highest BCUT2D eigenvalue weighted by Gasteiger charge is 2.14. The molecule has 0 aromatic heterocycles. The van der Waals surface area contributed by atoms with Crippen LogP contribution in [-0.4, -0.2) is 31.6 Å². The highest BCUT2D eigenvalue weighted by Crippen LogP contribution is 2.12.